The Kier molecular flexibility index (Phi) is 9.14. The summed E-state index contributed by atoms with van der Waals surface area (Å²) in [6.07, 6.45) is 7.40. The minimum absolute atomic E-state index is 0.0861. The molecule has 2 aromatic rings. The van der Waals surface area contributed by atoms with Crippen LogP contribution >= 0.6 is 0 Å². The highest BCUT2D eigenvalue weighted by molar-refractivity contribution is 6.04. The van der Waals surface area contributed by atoms with Gasteiger partial charge in [0.1, 0.15) is 0 Å². The van der Waals surface area contributed by atoms with Gasteiger partial charge in [0.25, 0.3) is 5.91 Å². The van der Waals surface area contributed by atoms with E-state index in [2.05, 4.69) is 36.2 Å². The minimum atomic E-state index is -0.0861. The number of rotatable bonds is 10. The van der Waals surface area contributed by atoms with Crippen molar-refractivity contribution in [1.29, 1.82) is 0 Å². The molecule has 0 saturated carbocycles. The second kappa shape index (κ2) is 12.3. The summed E-state index contributed by atoms with van der Waals surface area (Å²) in [5.41, 5.74) is 3.88. The Hall–Kier alpha value is -2.82. The number of aryl methyl sites for hydroxylation is 1. The lowest BCUT2D eigenvalue weighted by Crippen LogP contribution is -2.48. The Morgan fingerprint density at radius 2 is 1.47 bits per heavy atom. The number of hydrogen-bond donors (Lipinski definition) is 1. The zero-order valence-corrected chi connectivity index (χ0v) is 19.6. The molecule has 1 fully saturated rings. The van der Waals surface area contributed by atoms with E-state index in [1.165, 1.54) is 24.8 Å². The smallest absolute Gasteiger partial charge is 0.255 e. The van der Waals surface area contributed by atoms with Gasteiger partial charge in [-0.1, -0.05) is 45.2 Å². The molecule has 0 aliphatic carbocycles. The first-order chi connectivity index (χ1) is 15.6. The lowest BCUT2D eigenvalue weighted by Gasteiger charge is -2.36. The first-order valence-electron chi connectivity index (χ1n) is 12.1. The van der Waals surface area contributed by atoms with E-state index in [-0.39, 0.29) is 11.8 Å². The molecule has 2 aromatic carbocycles. The summed E-state index contributed by atoms with van der Waals surface area (Å²) < 4.78 is 0. The van der Waals surface area contributed by atoms with E-state index < -0.39 is 0 Å². The molecule has 0 bridgehead atoms. The van der Waals surface area contributed by atoms with Gasteiger partial charge < -0.3 is 15.1 Å². The molecule has 1 saturated heterocycles. The van der Waals surface area contributed by atoms with Gasteiger partial charge in [-0.25, -0.2) is 0 Å². The van der Waals surface area contributed by atoms with Crippen LogP contribution in [0.4, 0.5) is 11.4 Å². The van der Waals surface area contributed by atoms with Crippen LogP contribution in [0.1, 0.15) is 68.3 Å². The molecule has 0 atom stereocenters. The maximum absolute atomic E-state index is 12.6. The Morgan fingerprint density at radius 1 is 0.812 bits per heavy atom. The van der Waals surface area contributed by atoms with Crippen molar-refractivity contribution in [3.63, 3.8) is 0 Å². The minimum Gasteiger partial charge on any atom is -0.368 e. The normalized spacial score (nSPS) is 13.8. The summed E-state index contributed by atoms with van der Waals surface area (Å²) in [5.74, 6) is 0.190. The molecular weight excluding hydrogens is 398 g/mol. The monoisotopic (exact) mass is 435 g/mol. The Balaban J connectivity index is 1.48. The molecule has 32 heavy (non-hydrogen) atoms. The standard InChI is InChI=1S/C27H37N3O2/c1-3-5-7-8-22-10-12-23(13-11-22)27(32)28-24-14-16-25(17-15-24)29-18-20-30(21-19-29)26(31)9-6-4-2/h10-17H,3-9,18-21H2,1-2H3,(H,28,32). The van der Waals surface area contributed by atoms with Gasteiger partial charge in [-0.05, 0) is 61.2 Å². The summed E-state index contributed by atoms with van der Waals surface area (Å²) in [6, 6.07) is 15.9. The fraction of sp³-hybridized carbons (Fsp3) is 0.481. The molecule has 1 aliphatic rings. The van der Waals surface area contributed by atoms with Crippen LogP contribution in [0.25, 0.3) is 0 Å². The number of piperazine rings is 1. The number of anilines is 2. The molecule has 0 radical (unpaired) electrons. The van der Waals surface area contributed by atoms with Crippen molar-refractivity contribution in [3.8, 4) is 0 Å². The highest BCUT2D eigenvalue weighted by Gasteiger charge is 2.20. The first kappa shape index (κ1) is 23.8. The zero-order chi connectivity index (χ0) is 22.8. The second-order valence-corrected chi connectivity index (χ2v) is 8.63. The van der Waals surface area contributed by atoms with E-state index in [0.29, 0.717) is 12.0 Å². The summed E-state index contributed by atoms with van der Waals surface area (Å²) >= 11 is 0. The van der Waals surface area contributed by atoms with Crippen molar-refractivity contribution in [2.75, 3.05) is 36.4 Å². The molecule has 1 aliphatic heterocycles. The third-order valence-electron chi connectivity index (χ3n) is 6.15. The molecule has 2 amide bonds. The fourth-order valence-corrected chi connectivity index (χ4v) is 4.06. The maximum atomic E-state index is 12.6. The largest absolute Gasteiger partial charge is 0.368 e. The average molecular weight is 436 g/mol. The number of nitrogens with zero attached hydrogens (tertiary/aromatic N) is 2. The summed E-state index contributed by atoms with van der Waals surface area (Å²) in [7, 11) is 0. The molecule has 0 spiro atoms. The van der Waals surface area contributed by atoms with E-state index in [4.69, 9.17) is 0 Å². The maximum Gasteiger partial charge on any atom is 0.255 e. The van der Waals surface area contributed by atoms with Gasteiger partial charge >= 0.3 is 0 Å². The van der Waals surface area contributed by atoms with Crippen molar-refractivity contribution in [1.82, 2.24) is 4.90 Å². The van der Waals surface area contributed by atoms with Gasteiger partial charge in [-0.15, -0.1) is 0 Å². The SMILES string of the molecule is CCCCCc1ccc(C(=O)Nc2ccc(N3CCN(C(=O)CCCC)CC3)cc2)cc1. The van der Waals surface area contributed by atoms with Gasteiger partial charge in [0.05, 0.1) is 0 Å². The van der Waals surface area contributed by atoms with Crippen molar-refractivity contribution < 1.29 is 9.59 Å². The number of amides is 2. The molecule has 5 nitrogen and oxygen atoms in total. The predicted molar refractivity (Wildman–Crippen MR) is 132 cm³/mol. The Bertz CT molecular complexity index is 853. The number of carbonyl (C=O) groups excluding carboxylic acids is 2. The van der Waals surface area contributed by atoms with Gasteiger partial charge in [-0.3, -0.25) is 9.59 Å². The average Bonchev–Trinajstić information content (AvgIpc) is 2.83. The number of unbranched alkanes of at least 4 members (excludes halogenated alkanes) is 3. The van der Waals surface area contributed by atoms with Crippen LogP contribution in [0.3, 0.4) is 0 Å². The van der Waals surface area contributed by atoms with Crippen LogP contribution in [0.5, 0.6) is 0 Å². The molecule has 5 heteroatoms. The van der Waals surface area contributed by atoms with Crippen molar-refractivity contribution >= 4 is 23.2 Å². The van der Waals surface area contributed by atoms with E-state index in [1.807, 2.05) is 41.3 Å². The zero-order valence-electron chi connectivity index (χ0n) is 19.6. The quantitative estimate of drug-likeness (QED) is 0.501. The van der Waals surface area contributed by atoms with Crippen molar-refractivity contribution in [2.45, 2.75) is 58.8 Å². The molecule has 1 heterocycles. The van der Waals surface area contributed by atoms with E-state index in [9.17, 15) is 9.59 Å². The number of carbonyl (C=O) groups is 2. The van der Waals surface area contributed by atoms with Crippen molar-refractivity contribution in [3.05, 3.63) is 59.7 Å². The Morgan fingerprint density at radius 3 is 2.09 bits per heavy atom. The highest BCUT2D eigenvalue weighted by atomic mass is 16.2. The topological polar surface area (TPSA) is 52.7 Å². The summed E-state index contributed by atoms with van der Waals surface area (Å²) in [5, 5.41) is 2.99. The van der Waals surface area contributed by atoms with E-state index in [0.717, 1.165) is 56.8 Å². The molecular formula is C27H37N3O2. The van der Waals surface area contributed by atoms with Gasteiger partial charge in [-0.2, -0.15) is 0 Å². The van der Waals surface area contributed by atoms with Crippen LogP contribution in [0.15, 0.2) is 48.5 Å². The molecule has 3 rings (SSSR count). The lowest BCUT2D eigenvalue weighted by molar-refractivity contribution is -0.131. The number of hydrogen-bond acceptors (Lipinski definition) is 3. The molecule has 1 N–H and O–H groups in total. The molecule has 0 aromatic heterocycles. The van der Waals surface area contributed by atoms with Crippen LogP contribution in [0, 0.1) is 0 Å². The van der Waals surface area contributed by atoms with Gasteiger partial charge in [0, 0.05) is 49.5 Å². The number of nitrogens with one attached hydrogen (secondary N) is 1. The van der Waals surface area contributed by atoms with Crippen LogP contribution in [-0.4, -0.2) is 42.9 Å². The van der Waals surface area contributed by atoms with Crippen LogP contribution < -0.4 is 10.2 Å². The van der Waals surface area contributed by atoms with E-state index >= 15 is 0 Å². The number of benzene rings is 2. The molecule has 172 valence electrons. The second-order valence-electron chi connectivity index (χ2n) is 8.63. The fourth-order valence-electron chi connectivity index (χ4n) is 4.06. The highest BCUT2D eigenvalue weighted by Crippen LogP contribution is 2.21. The third kappa shape index (κ3) is 6.84. The van der Waals surface area contributed by atoms with Crippen LogP contribution in [0.2, 0.25) is 0 Å². The first-order valence-corrected chi connectivity index (χ1v) is 12.1. The summed E-state index contributed by atoms with van der Waals surface area (Å²) in [6.45, 7) is 7.55. The van der Waals surface area contributed by atoms with Crippen molar-refractivity contribution in [2.24, 2.45) is 0 Å². The van der Waals surface area contributed by atoms with Gasteiger partial charge in [0.15, 0.2) is 0 Å². The lowest BCUT2D eigenvalue weighted by atomic mass is 10.1. The van der Waals surface area contributed by atoms with Crippen LogP contribution in [-0.2, 0) is 11.2 Å². The summed E-state index contributed by atoms with van der Waals surface area (Å²) in [4.78, 5) is 29.1. The Labute approximate surface area is 192 Å². The predicted octanol–water partition coefficient (Wildman–Crippen LogP) is 5.51. The third-order valence-corrected chi connectivity index (χ3v) is 6.15. The molecule has 0 unspecified atom stereocenters. The van der Waals surface area contributed by atoms with Gasteiger partial charge in [0.2, 0.25) is 5.91 Å². The van der Waals surface area contributed by atoms with E-state index in [1.54, 1.807) is 0 Å².